The molecule has 0 aromatic carbocycles. The average molecular weight is 285 g/mol. The van der Waals surface area contributed by atoms with Gasteiger partial charge in [0.2, 0.25) is 10.0 Å². The van der Waals surface area contributed by atoms with Gasteiger partial charge in [0, 0.05) is 31.0 Å². The molecule has 0 amide bonds. The summed E-state index contributed by atoms with van der Waals surface area (Å²) >= 11 is 0. The summed E-state index contributed by atoms with van der Waals surface area (Å²) in [6.07, 6.45) is 5.11. The van der Waals surface area contributed by atoms with E-state index >= 15 is 0 Å². The SMILES string of the molecule is CCn1cc(S(=O)(=O)NC(C)C2CCC2)cc1CN. The summed E-state index contributed by atoms with van der Waals surface area (Å²) < 4.78 is 29.3. The van der Waals surface area contributed by atoms with Crippen molar-refractivity contribution >= 4 is 10.0 Å². The average Bonchev–Trinajstić information content (AvgIpc) is 2.69. The summed E-state index contributed by atoms with van der Waals surface area (Å²) in [7, 11) is -3.43. The predicted molar refractivity (Wildman–Crippen MR) is 75.1 cm³/mol. The number of aromatic nitrogens is 1. The largest absolute Gasteiger partial charge is 0.349 e. The minimum absolute atomic E-state index is 0.00468. The Morgan fingerprint density at radius 1 is 1.53 bits per heavy atom. The maximum Gasteiger partial charge on any atom is 0.242 e. The van der Waals surface area contributed by atoms with E-state index in [-0.39, 0.29) is 6.04 Å². The highest BCUT2D eigenvalue weighted by molar-refractivity contribution is 7.89. The Balaban J connectivity index is 2.16. The van der Waals surface area contributed by atoms with Gasteiger partial charge in [-0.25, -0.2) is 13.1 Å². The molecule has 3 N–H and O–H groups in total. The van der Waals surface area contributed by atoms with Crippen molar-refractivity contribution in [3.05, 3.63) is 18.0 Å². The zero-order valence-electron chi connectivity index (χ0n) is 11.6. The zero-order chi connectivity index (χ0) is 14.0. The van der Waals surface area contributed by atoms with Gasteiger partial charge in [-0.2, -0.15) is 0 Å². The first kappa shape index (κ1) is 14.6. The van der Waals surface area contributed by atoms with Crippen LogP contribution in [-0.2, 0) is 23.1 Å². The first-order valence-electron chi connectivity index (χ1n) is 6.89. The van der Waals surface area contributed by atoms with Gasteiger partial charge >= 0.3 is 0 Å². The topological polar surface area (TPSA) is 77.1 Å². The Kier molecular flexibility index (Phi) is 4.32. The van der Waals surface area contributed by atoms with Crippen LogP contribution in [0.25, 0.3) is 0 Å². The van der Waals surface area contributed by atoms with Crippen molar-refractivity contribution in [2.75, 3.05) is 0 Å². The Morgan fingerprint density at radius 2 is 2.21 bits per heavy atom. The van der Waals surface area contributed by atoms with Crippen molar-refractivity contribution in [2.24, 2.45) is 11.7 Å². The van der Waals surface area contributed by atoms with Gasteiger partial charge < -0.3 is 10.3 Å². The first-order valence-corrected chi connectivity index (χ1v) is 8.37. The van der Waals surface area contributed by atoms with E-state index in [9.17, 15) is 8.42 Å². The molecule has 19 heavy (non-hydrogen) atoms. The highest BCUT2D eigenvalue weighted by Crippen LogP contribution is 2.30. The van der Waals surface area contributed by atoms with E-state index in [1.807, 2.05) is 18.4 Å². The smallest absolute Gasteiger partial charge is 0.242 e. The van der Waals surface area contributed by atoms with Crippen LogP contribution in [-0.4, -0.2) is 19.0 Å². The van der Waals surface area contributed by atoms with Gasteiger partial charge in [0.1, 0.15) is 0 Å². The second-order valence-electron chi connectivity index (χ2n) is 5.26. The van der Waals surface area contributed by atoms with Crippen LogP contribution >= 0.6 is 0 Å². The van der Waals surface area contributed by atoms with E-state index in [0.29, 0.717) is 17.4 Å². The number of rotatable bonds is 6. The third kappa shape index (κ3) is 3.01. The Morgan fingerprint density at radius 3 is 2.63 bits per heavy atom. The minimum atomic E-state index is -3.43. The second kappa shape index (κ2) is 5.64. The molecule has 0 spiro atoms. The highest BCUT2D eigenvalue weighted by atomic mass is 32.2. The lowest BCUT2D eigenvalue weighted by molar-refractivity contribution is 0.260. The van der Waals surface area contributed by atoms with Crippen molar-refractivity contribution in [2.45, 2.75) is 57.1 Å². The van der Waals surface area contributed by atoms with Crippen molar-refractivity contribution in [1.29, 1.82) is 0 Å². The van der Waals surface area contributed by atoms with Gasteiger partial charge in [0.15, 0.2) is 0 Å². The molecule has 0 radical (unpaired) electrons. The lowest BCUT2D eigenvalue weighted by Crippen LogP contribution is -2.40. The van der Waals surface area contributed by atoms with Crippen LogP contribution in [0.4, 0.5) is 0 Å². The molecular weight excluding hydrogens is 262 g/mol. The van der Waals surface area contributed by atoms with E-state index in [4.69, 9.17) is 5.73 Å². The van der Waals surface area contributed by atoms with Crippen molar-refractivity contribution in [1.82, 2.24) is 9.29 Å². The van der Waals surface area contributed by atoms with E-state index < -0.39 is 10.0 Å². The number of nitrogens with two attached hydrogens (primary N) is 1. The predicted octanol–water partition coefficient (Wildman–Crippen LogP) is 1.43. The summed E-state index contributed by atoms with van der Waals surface area (Å²) in [4.78, 5) is 0.320. The van der Waals surface area contributed by atoms with Crippen LogP contribution in [0.3, 0.4) is 0 Å². The zero-order valence-corrected chi connectivity index (χ0v) is 12.4. The molecule has 6 heteroatoms. The normalized spacial score (nSPS) is 18.3. The molecule has 1 heterocycles. The molecule has 5 nitrogen and oxygen atoms in total. The van der Waals surface area contributed by atoms with Crippen LogP contribution in [0, 0.1) is 5.92 Å². The molecule has 1 unspecified atom stereocenters. The molecule has 1 aliphatic carbocycles. The molecule has 1 aliphatic rings. The van der Waals surface area contributed by atoms with Crippen LogP contribution in [0.15, 0.2) is 17.2 Å². The molecule has 0 saturated heterocycles. The molecule has 108 valence electrons. The fraction of sp³-hybridized carbons (Fsp3) is 0.692. The molecule has 1 fully saturated rings. The molecule has 2 rings (SSSR count). The highest BCUT2D eigenvalue weighted by Gasteiger charge is 2.28. The van der Waals surface area contributed by atoms with Gasteiger partial charge in [-0.15, -0.1) is 0 Å². The summed E-state index contributed by atoms with van der Waals surface area (Å²) in [5.41, 5.74) is 6.47. The summed E-state index contributed by atoms with van der Waals surface area (Å²) in [6.45, 7) is 4.99. The van der Waals surface area contributed by atoms with Gasteiger partial charge in [0.25, 0.3) is 0 Å². The molecule has 0 aliphatic heterocycles. The Hall–Kier alpha value is -0.850. The lowest BCUT2D eigenvalue weighted by Gasteiger charge is -2.31. The van der Waals surface area contributed by atoms with Gasteiger partial charge in [-0.1, -0.05) is 6.42 Å². The standard InChI is InChI=1S/C13H23N3O2S/c1-3-16-9-13(7-12(16)8-14)19(17,18)15-10(2)11-5-4-6-11/h7,9-11,15H,3-6,8,14H2,1-2H3. The van der Waals surface area contributed by atoms with E-state index in [0.717, 1.165) is 25.1 Å². The maximum absolute atomic E-state index is 12.3. The monoisotopic (exact) mass is 285 g/mol. The van der Waals surface area contributed by atoms with Crippen LogP contribution in [0.5, 0.6) is 0 Å². The van der Waals surface area contributed by atoms with Gasteiger partial charge in [-0.3, -0.25) is 0 Å². The number of aryl methyl sites for hydroxylation is 1. The summed E-state index contributed by atoms with van der Waals surface area (Å²) in [6, 6.07) is 1.67. The fourth-order valence-corrected chi connectivity index (χ4v) is 3.86. The molecule has 1 aromatic rings. The van der Waals surface area contributed by atoms with Crippen molar-refractivity contribution in [3.63, 3.8) is 0 Å². The van der Waals surface area contributed by atoms with Crippen LogP contribution in [0.1, 0.15) is 38.8 Å². The van der Waals surface area contributed by atoms with E-state index in [2.05, 4.69) is 4.72 Å². The van der Waals surface area contributed by atoms with Crippen LogP contribution < -0.4 is 10.5 Å². The second-order valence-corrected chi connectivity index (χ2v) is 6.97. The van der Waals surface area contributed by atoms with Crippen LogP contribution in [0.2, 0.25) is 0 Å². The number of hydrogen-bond acceptors (Lipinski definition) is 3. The molecule has 1 saturated carbocycles. The number of sulfonamides is 1. The molecule has 1 aromatic heterocycles. The van der Waals surface area contributed by atoms with E-state index in [1.165, 1.54) is 6.42 Å². The lowest BCUT2D eigenvalue weighted by atomic mass is 9.81. The number of nitrogens with zero attached hydrogens (tertiary/aromatic N) is 1. The van der Waals surface area contributed by atoms with E-state index in [1.54, 1.807) is 12.3 Å². The van der Waals surface area contributed by atoms with Crippen molar-refractivity contribution in [3.8, 4) is 0 Å². The first-order chi connectivity index (χ1) is 8.97. The number of hydrogen-bond donors (Lipinski definition) is 2. The summed E-state index contributed by atoms with van der Waals surface area (Å²) in [5, 5.41) is 0. The molecule has 0 bridgehead atoms. The molecule has 1 atom stereocenters. The van der Waals surface area contributed by atoms with Gasteiger partial charge in [0.05, 0.1) is 4.90 Å². The Bertz CT molecular complexity index is 511. The van der Waals surface area contributed by atoms with Crippen molar-refractivity contribution < 1.29 is 8.42 Å². The quantitative estimate of drug-likeness (QED) is 0.830. The third-order valence-electron chi connectivity index (χ3n) is 4.02. The van der Waals surface area contributed by atoms with Gasteiger partial charge in [-0.05, 0) is 38.7 Å². The maximum atomic E-state index is 12.3. The number of nitrogens with one attached hydrogen (secondary N) is 1. The third-order valence-corrected chi connectivity index (χ3v) is 5.54. The summed E-state index contributed by atoms with van der Waals surface area (Å²) in [5.74, 6) is 0.483. The fourth-order valence-electron chi connectivity index (χ4n) is 2.49. The minimum Gasteiger partial charge on any atom is -0.349 e. The Labute approximate surface area is 115 Å². The molecular formula is C13H23N3O2S.